The number of nitrogens with two attached hydrogens (primary N) is 1. The molecule has 0 radical (unpaired) electrons. The minimum atomic E-state index is 0. The van der Waals surface area contributed by atoms with E-state index >= 15 is 0 Å². The monoisotopic (exact) mass is 492 g/mol. The Labute approximate surface area is 181 Å². The second kappa shape index (κ2) is 13.9. The van der Waals surface area contributed by atoms with Crippen LogP contribution < -0.4 is 20.5 Å². The molecule has 0 saturated carbocycles. The minimum Gasteiger partial charge on any atom is -0.493 e. The quantitative estimate of drug-likeness (QED) is 0.215. The molecule has 0 aliphatic carbocycles. The summed E-state index contributed by atoms with van der Waals surface area (Å²) in [5.41, 5.74) is 7.12. The maximum atomic E-state index is 5.96. The van der Waals surface area contributed by atoms with E-state index in [4.69, 9.17) is 15.2 Å². The SMILES string of the molecule is COc1ccc(CCNC(N)=NCCCN(C(C)C)C(C)C)cc1OC.I. The number of hydrogen-bond acceptors (Lipinski definition) is 4. The molecule has 0 atom stereocenters. The fraction of sp³-hybridized carbons (Fsp3) is 0.650. The molecule has 0 aromatic heterocycles. The van der Waals surface area contributed by atoms with Gasteiger partial charge in [0.05, 0.1) is 14.2 Å². The number of hydrogen-bond donors (Lipinski definition) is 2. The molecule has 156 valence electrons. The Kier molecular flexibility index (Phi) is 13.2. The first-order chi connectivity index (χ1) is 12.4. The molecule has 1 aromatic rings. The van der Waals surface area contributed by atoms with E-state index in [2.05, 4.69) is 42.9 Å². The maximum Gasteiger partial charge on any atom is 0.188 e. The molecule has 0 fully saturated rings. The van der Waals surface area contributed by atoms with Gasteiger partial charge in [0, 0.05) is 31.7 Å². The van der Waals surface area contributed by atoms with Crippen molar-refractivity contribution in [3.8, 4) is 11.5 Å². The first-order valence-corrected chi connectivity index (χ1v) is 9.39. The van der Waals surface area contributed by atoms with Crippen molar-refractivity contribution in [2.75, 3.05) is 33.9 Å². The number of rotatable bonds is 11. The lowest BCUT2D eigenvalue weighted by molar-refractivity contribution is 0.174. The Hall–Kier alpha value is -1.22. The summed E-state index contributed by atoms with van der Waals surface area (Å²) in [7, 11) is 3.28. The van der Waals surface area contributed by atoms with Gasteiger partial charge in [0.25, 0.3) is 0 Å². The van der Waals surface area contributed by atoms with E-state index < -0.39 is 0 Å². The van der Waals surface area contributed by atoms with E-state index in [1.807, 2.05) is 18.2 Å². The largest absolute Gasteiger partial charge is 0.493 e. The van der Waals surface area contributed by atoms with Crippen molar-refractivity contribution in [3.05, 3.63) is 23.8 Å². The van der Waals surface area contributed by atoms with Gasteiger partial charge in [0.2, 0.25) is 0 Å². The lowest BCUT2D eigenvalue weighted by Crippen LogP contribution is -2.38. The Bertz CT molecular complexity index is 557. The number of guanidine groups is 1. The number of benzene rings is 1. The van der Waals surface area contributed by atoms with Gasteiger partial charge in [-0.15, -0.1) is 24.0 Å². The Balaban J connectivity index is 0.00000676. The lowest BCUT2D eigenvalue weighted by atomic mass is 10.1. The topological polar surface area (TPSA) is 72.1 Å². The smallest absolute Gasteiger partial charge is 0.188 e. The van der Waals surface area contributed by atoms with Crippen LogP contribution in [0.5, 0.6) is 11.5 Å². The van der Waals surface area contributed by atoms with Gasteiger partial charge in [-0.25, -0.2) is 0 Å². The third-order valence-electron chi connectivity index (χ3n) is 4.35. The number of ether oxygens (including phenoxy) is 2. The molecule has 27 heavy (non-hydrogen) atoms. The molecule has 0 heterocycles. The van der Waals surface area contributed by atoms with Crippen LogP contribution in [0.2, 0.25) is 0 Å². The van der Waals surface area contributed by atoms with Gasteiger partial charge in [0.1, 0.15) is 0 Å². The number of nitrogens with zero attached hydrogens (tertiary/aromatic N) is 2. The molecule has 1 rings (SSSR count). The predicted molar refractivity (Wildman–Crippen MR) is 125 cm³/mol. The Morgan fingerprint density at radius 2 is 1.74 bits per heavy atom. The molecule has 0 saturated heterocycles. The molecule has 0 spiro atoms. The zero-order valence-corrected chi connectivity index (χ0v) is 19.9. The fourth-order valence-corrected chi connectivity index (χ4v) is 2.99. The second-order valence-corrected chi connectivity index (χ2v) is 6.91. The van der Waals surface area contributed by atoms with E-state index in [1.165, 1.54) is 0 Å². The highest BCUT2D eigenvalue weighted by molar-refractivity contribution is 14.0. The summed E-state index contributed by atoms with van der Waals surface area (Å²) in [5, 5.41) is 3.17. The summed E-state index contributed by atoms with van der Waals surface area (Å²) in [5.74, 6) is 1.99. The summed E-state index contributed by atoms with van der Waals surface area (Å²) in [4.78, 5) is 6.89. The standard InChI is InChI=1S/C20H36N4O2.HI/c1-15(2)24(16(3)4)13-7-11-22-20(21)23-12-10-17-8-9-18(25-5)19(14-17)26-6;/h8-9,14-16H,7,10-13H2,1-6H3,(H3,21,22,23);1H. The van der Waals surface area contributed by atoms with Crippen LogP contribution in [0.3, 0.4) is 0 Å². The third-order valence-corrected chi connectivity index (χ3v) is 4.35. The van der Waals surface area contributed by atoms with Crippen molar-refractivity contribution >= 4 is 29.9 Å². The van der Waals surface area contributed by atoms with Crippen molar-refractivity contribution in [1.29, 1.82) is 0 Å². The fourth-order valence-electron chi connectivity index (χ4n) is 2.99. The summed E-state index contributed by atoms with van der Waals surface area (Å²) in [6.45, 7) is 11.4. The molecular formula is C20H37IN4O2. The molecule has 0 bridgehead atoms. The average molecular weight is 492 g/mol. The molecule has 0 unspecified atom stereocenters. The van der Waals surface area contributed by atoms with Gasteiger partial charge in [0.15, 0.2) is 17.5 Å². The van der Waals surface area contributed by atoms with Crippen LogP contribution in [0.15, 0.2) is 23.2 Å². The summed E-state index contributed by atoms with van der Waals surface area (Å²) < 4.78 is 10.6. The van der Waals surface area contributed by atoms with Gasteiger partial charge in [-0.1, -0.05) is 6.07 Å². The maximum absolute atomic E-state index is 5.96. The van der Waals surface area contributed by atoms with Crippen LogP contribution in [-0.2, 0) is 6.42 Å². The van der Waals surface area contributed by atoms with E-state index in [0.29, 0.717) is 18.0 Å². The molecule has 3 N–H and O–H groups in total. The van der Waals surface area contributed by atoms with Crippen molar-refractivity contribution < 1.29 is 9.47 Å². The minimum absolute atomic E-state index is 0. The molecule has 1 aromatic carbocycles. The highest BCUT2D eigenvalue weighted by Gasteiger charge is 2.12. The molecule has 0 aliphatic rings. The molecule has 6 nitrogen and oxygen atoms in total. The van der Waals surface area contributed by atoms with Gasteiger partial charge in [-0.2, -0.15) is 0 Å². The number of nitrogens with one attached hydrogen (secondary N) is 1. The van der Waals surface area contributed by atoms with Crippen LogP contribution in [0.25, 0.3) is 0 Å². The van der Waals surface area contributed by atoms with Gasteiger partial charge < -0.3 is 20.5 Å². The van der Waals surface area contributed by atoms with E-state index in [-0.39, 0.29) is 24.0 Å². The van der Waals surface area contributed by atoms with E-state index in [9.17, 15) is 0 Å². The van der Waals surface area contributed by atoms with Crippen molar-refractivity contribution in [1.82, 2.24) is 10.2 Å². The summed E-state index contributed by atoms with van der Waals surface area (Å²) >= 11 is 0. The van der Waals surface area contributed by atoms with Crippen LogP contribution >= 0.6 is 24.0 Å². The molecule has 0 amide bonds. The summed E-state index contributed by atoms with van der Waals surface area (Å²) in [6.07, 6.45) is 1.85. The van der Waals surface area contributed by atoms with Gasteiger partial charge >= 0.3 is 0 Å². The van der Waals surface area contributed by atoms with Crippen molar-refractivity contribution in [2.45, 2.75) is 52.6 Å². The third kappa shape index (κ3) is 9.51. The number of aliphatic imine (C=N–C) groups is 1. The van der Waals surface area contributed by atoms with Crippen molar-refractivity contribution in [2.24, 2.45) is 10.7 Å². The van der Waals surface area contributed by atoms with Crippen LogP contribution in [0.4, 0.5) is 0 Å². The first-order valence-electron chi connectivity index (χ1n) is 9.39. The molecule has 7 heteroatoms. The highest BCUT2D eigenvalue weighted by Crippen LogP contribution is 2.27. The molecule has 0 aliphatic heterocycles. The van der Waals surface area contributed by atoms with Gasteiger partial charge in [-0.05, 0) is 58.2 Å². The lowest BCUT2D eigenvalue weighted by Gasteiger charge is -2.30. The Morgan fingerprint density at radius 1 is 1.11 bits per heavy atom. The van der Waals surface area contributed by atoms with E-state index in [0.717, 1.165) is 49.5 Å². The number of methoxy groups -OCH3 is 2. The normalized spacial score (nSPS) is 11.7. The first kappa shape index (κ1) is 25.8. The van der Waals surface area contributed by atoms with Crippen LogP contribution in [0, 0.1) is 0 Å². The number of halogens is 1. The summed E-state index contributed by atoms with van der Waals surface area (Å²) in [6, 6.07) is 7.04. The highest BCUT2D eigenvalue weighted by atomic mass is 127. The average Bonchev–Trinajstić information content (AvgIpc) is 2.60. The zero-order valence-electron chi connectivity index (χ0n) is 17.6. The predicted octanol–water partition coefficient (Wildman–Crippen LogP) is 3.28. The van der Waals surface area contributed by atoms with E-state index in [1.54, 1.807) is 14.2 Å². The second-order valence-electron chi connectivity index (χ2n) is 6.91. The molecular weight excluding hydrogens is 455 g/mol. The van der Waals surface area contributed by atoms with Crippen molar-refractivity contribution in [3.63, 3.8) is 0 Å². The Morgan fingerprint density at radius 3 is 2.30 bits per heavy atom. The van der Waals surface area contributed by atoms with Crippen LogP contribution in [0.1, 0.15) is 39.7 Å². The van der Waals surface area contributed by atoms with Crippen LogP contribution in [-0.4, -0.2) is 56.8 Å². The zero-order chi connectivity index (χ0) is 19.5. The van der Waals surface area contributed by atoms with Gasteiger partial charge in [-0.3, -0.25) is 9.89 Å².